The third kappa shape index (κ3) is 4.19. The van der Waals surface area contributed by atoms with E-state index in [4.69, 9.17) is 16.7 Å². The Morgan fingerprint density at radius 2 is 1.93 bits per heavy atom. The fraction of sp³-hybridized carbons (Fsp3) is 0.118. The average molecular weight is 424 g/mol. The number of aromatic nitrogens is 3. The van der Waals surface area contributed by atoms with Crippen molar-refractivity contribution in [1.82, 2.24) is 14.8 Å². The molecule has 1 amide bonds. The van der Waals surface area contributed by atoms with Crippen LogP contribution in [0, 0.1) is 19.7 Å². The predicted octanol–water partition coefficient (Wildman–Crippen LogP) is 2.58. The number of rotatable bonds is 4. The van der Waals surface area contributed by atoms with Gasteiger partial charge in [0.15, 0.2) is 5.82 Å². The number of benzene rings is 1. The number of aryl methyl sites for hydroxylation is 2. The highest BCUT2D eigenvalue weighted by atomic mass is 35.5. The van der Waals surface area contributed by atoms with E-state index in [1.807, 2.05) is 19.9 Å². The second-order valence-corrected chi connectivity index (χ2v) is 7.98. The molecule has 0 fully saturated rings. The maximum atomic E-state index is 13.7. The third-order valence-electron chi connectivity index (χ3n) is 3.73. The second kappa shape index (κ2) is 7.30. The van der Waals surface area contributed by atoms with Crippen LogP contribution >= 0.6 is 11.6 Å². The van der Waals surface area contributed by atoms with Crippen molar-refractivity contribution in [3.8, 4) is 5.82 Å². The van der Waals surface area contributed by atoms with E-state index in [2.05, 4.69) is 15.4 Å². The minimum atomic E-state index is -4.15. The van der Waals surface area contributed by atoms with Crippen molar-refractivity contribution in [3.05, 3.63) is 64.3 Å². The number of pyridine rings is 1. The highest BCUT2D eigenvalue weighted by molar-refractivity contribution is 7.89. The highest BCUT2D eigenvalue weighted by Gasteiger charge is 2.17. The lowest BCUT2D eigenvalue weighted by Crippen LogP contribution is -2.17. The topological polar surface area (TPSA) is 120 Å². The molecule has 2 heterocycles. The molecule has 0 aliphatic heterocycles. The molecule has 0 aliphatic carbocycles. The number of halogens is 2. The number of hydrogen-bond donors (Lipinski definition) is 2. The van der Waals surface area contributed by atoms with Crippen molar-refractivity contribution < 1.29 is 17.6 Å². The number of carbonyl (C=O) groups excluding carboxylic acids is 1. The third-order valence-corrected chi connectivity index (χ3v) is 4.93. The number of amides is 1. The van der Waals surface area contributed by atoms with E-state index >= 15 is 0 Å². The summed E-state index contributed by atoms with van der Waals surface area (Å²) >= 11 is 6.08. The molecule has 0 aliphatic rings. The molecular formula is C17H15ClFN5O3S. The Morgan fingerprint density at radius 3 is 2.54 bits per heavy atom. The van der Waals surface area contributed by atoms with E-state index in [0.29, 0.717) is 5.82 Å². The Hall–Kier alpha value is -2.82. The summed E-state index contributed by atoms with van der Waals surface area (Å²) in [7, 11) is -4.15. The van der Waals surface area contributed by atoms with Gasteiger partial charge in [0.1, 0.15) is 11.5 Å². The van der Waals surface area contributed by atoms with Crippen LogP contribution in [-0.4, -0.2) is 29.1 Å². The van der Waals surface area contributed by atoms with Gasteiger partial charge in [0.05, 0.1) is 15.6 Å². The van der Waals surface area contributed by atoms with Crippen molar-refractivity contribution in [3.63, 3.8) is 0 Å². The molecule has 0 atom stereocenters. The largest absolute Gasteiger partial charge is 0.320 e. The Bertz CT molecular complexity index is 1190. The number of primary sulfonamides is 1. The van der Waals surface area contributed by atoms with E-state index in [1.54, 1.807) is 10.7 Å². The molecule has 28 heavy (non-hydrogen) atoms. The van der Waals surface area contributed by atoms with Crippen molar-refractivity contribution in [1.29, 1.82) is 0 Å². The Balaban J connectivity index is 1.96. The SMILES string of the molecule is Cc1cc(C)n(-c2ccc(Cl)c(C(=O)Nc3cc(F)cc(S(N)(=O)=O)c3)n2)n1. The molecule has 8 nitrogen and oxygen atoms in total. The first kappa shape index (κ1) is 19.9. The minimum absolute atomic E-state index is 0.0610. The Labute approximate surface area is 165 Å². The maximum Gasteiger partial charge on any atom is 0.275 e. The molecule has 2 aromatic heterocycles. The van der Waals surface area contributed by atoms with Gasteiger partial charge in [-0.05, 0) is 50.2 Å². The first-order valence-corrected chi connectivity index (χ1v) is 9.82. The van der Waals surface area contributed by atoms with Crippen molar-refractivity contribution in [2.75, 3.05) is 5.32 Å². The first-order chi connectivity index (χ1) is 13.0. The molecule has 3 rings (SSSR count). The number of nitrogens with zero attached hydrogens (tertiary/aromatic N) is 3. The molecule has 1 aromatic carbocycles. The van der Waals surface area contributed by atoms with Crippen LogP contribution < -0.4 is 10.5 Å². The van der Waals surface area contributed by atoms with Gasteiger partial charge in [0, 0.05) is 11.4 Å². The van der Waals surface area contributed by atoms with Crippen LogP contribution in [0.1, 0.15) is 21.9 Å². The fourth-order valence-electron chi connectivity index (χ4n) is 2.56. The molecule has 146 valence electrons. The summed E-state index contributed by atoms with van der Waals surface area (Å²) in [4.78, 5) is 16.3. The van der Waals surface area contributed by atoms with E-state index in [0.717, 1.165) is 29.6 Å². The molecule has 0 unspecified atom stereocenters. The van der Waals surface area contributed by atoms with E-state index < -0.39 is 26.6 Å². The summed E-state index contributed by atoms with van der Waals surface area (Å²) in [5, 5.41) is 11.7. The molecule has 3 aromatic rings. The van der Waals surface area contributed by atoms with Crippen LogP contribution in [-0.2, 0) is 10.0 Å². The summed E-state index contributed by atoms with van der Waals surface area (Å²) in [5.74, 6) is -1.26. The molecule has 11 heteroatoms. The molecule has 0 saturated heterocycles. The van der Waals surface area contributed by atoms with Gasteiger partial charge in [0.25, 0.3) is 5.91 Å². The molecule has 0 saturated carbocycles. The molecule has 0 bridgehead atoms. The predicted molar refractivity (Wildman–Crippen MR) is 102 cm³/mol. The standard InChI is InChI=1S/C17H15ClFN5O3S/c1-9-5-10(2)24(23-9)15-4-3-14(18)16(22-15)17(25)21-12-6-11(19)7-13(8-12)28(20,26)27/h3-8H,1-2H3,(H,21,25)(H2,20,26,27). The smallest absolute Gasteiger partial charge is 0.275 e. The number of carbonyl (C=O) groups is 1. The molecular weight excluding hydrogens is 409 g/mol. The van der Waals surface area contributed by atoms with Crippen LogP contribution in [0.5, 0.6) is 0 Å². The number of sulfonamides is 1. The van der Waals surface area contributed by atoms with Crippen LogP contribution in [0.25, 0.3) is 5.82 Å². The van der Waals surface area contributed by atoms with Crippen LogP contribution in [0.15, 0.2) is 41.3 Å². The average Bonchev–Trinajstić information content (AvgIpc) is 2.92. The zero-order chi connectivity index (χ0) is 20.6. The zero-order valence-electron chi connectivity index (χ0n) is 14.8. The van der Waals surface area contributed by atoms with E-state index in [1.165, 1.54) is 6.07 Å². The number of nitrogens with two attached hydrogens (primary N) is 1. The van der Waals surface area contributed by atoms with Gasteiger partial charge in [-0.2, -0.15) is 5.10 Å². The Morgan fingerprint density at radius 1 is 1.21 bits per heavy atom. The van der Waals surface area contributed by atoms with Crippen molar-refractivity contribution >= 4 is 33.2 Å². The summed E-state index contributed by atoms with van der Waals surface area (Å²) in [6.45, 7) is 3.65. The second-order valence-electron chi connectivity index (χ2n) is 6.01. The highest BCUT2D eigenvalue weighted by Crippen LogP contribution is 2.21. The summed E-state index contributed by atoms with van der Waals surface area (Å²) in [6, 6.07) is 7.66. The van der Waals surface area contributed by atoms with Gasteiger partial charge in [-0.25, -0.2) is 27.6 Å². The normalized spacial score (nSPS) is 11.5. The van der Waals surface area contributed by atoms with Crippen molar-refractivity contribution in [2.45, 2.75) is 18.7 Å². The van der Waals surface area contributed by atoms with Crippen LogP contribution in [0.4, 0.5) is 10.1 Å². The minimum Gasteiger partial charge on any atom is -0.320 e. The molecule has 0 spiro atoms. The number of nitrogens with one attached hydrogen (secondary N) is 1. The lowest BCUT2D eigenvalue weighted by molar-refractivity contribution is 0.102. The number of hydrogen-bond acceptors (Lipinski definition) is 5. The fourth-order valence-corrected chi connectivity index (χ4v) is 3.32. The van der Waals surface area contributed by atoms with Crippen LogP contribution in [0.2, 0.25) is 5.02 Å². The van der Waals surface area contributed by atoms with E-state index in [-0.39, 0.29) is 16.4 Å². The van der Waals surface area contributed by atoms with Gasteiger partial charge >= 0.3 is 0 Å². The lowest BCUT2D eigenvalue weighted by Gasteiger charge is -2.10. The summed E-state index contributed by atoms with van der Waals surface area (Å²) in [6.07, 6.45) is 0. The number of anilines is 1. The van der Waals surface area contributed by atoms with Gasteiger partial charge < -0.3 is 5.32 Å². The lowest BCUT2D eigenvalue weighted by atomic mass is 10.2. The van der Waals surface area contributed by atoms with E-state index in [9.17, 15) is 17.6 Å². The summed E-state index contributed by atoms with van der Waals surface area (Å²) < 4.78 is 38.1. The van der Waals surface area contributed by atoms with Gasteiger partial charge in [0.2, 0.25) is 10.0 Å². The van der Waals surface area contributed by atoms with Gasteiger partial charge in [-0.1, -0.05) is 11.6 Å². The Kier molecular flexibility index (Phi) is 5.20. The maximum absolute atomic E-state index is 13.7. The molecule has 0 radical (unpaired) electrons. The monoisotopic (exact) mass is 423 g/mol. The van der Waals surface area contributed by atoms with Crippen molar-refractivity contribution in [2.24, 2.45) is 5.14 Å². The van der Waals surface area contributed by atoms with Crippen LogP contribution in [0.3, 0.4) is 0 Å². The molecule has 3 N–H and O–H groups in total. The van der Waals surface area contributed by atoms with Gasteiger partial charge in [-0.15, -0.1) is 0 Å². The zero-order valence-corrected chi connectivity index (χ0v) is 16.3. The van der Waals surface area contributed by atoms with Gasteiger partial charge in [-0.3, -0.25) is 4.79 Å². The summed E-state index contributed by atoms with van der Waals surface area (Å²) in [5.41, 5.74) is 1.34. The first-order valence-electron chi connectivity index (χ1n) is 7.89. The quantitative estimate of drug-likeness (QED) is 0.668.